The molecule has 0 bridgehead atoms. The van der Waals surface area contributed by atoms with Crippen molar-refractivity contribution in [3.63, 3.8) is 0 Å². The molecule has 2 aromatic carbocycles. The van der Waals surface area contributed by atoms with Crippen molar-refractivity contribution in [3.8, 4) is 0 Å². The standard InChI is InChI=1S/C23H16Cl2N6O/c24-15-1-3-19-14(9-15)7-13(11-27-19)8-17-5-6-26-22(29-17)23(32)28-12-21-18-10-16(25)2-4-20(18)30-31-21/h1-7,9-11H,8,12H2,(H,28,32)(H,30,31). The Morgan fingerprint density at radius 3 is 2.75 bits per heavy atom. The highest BCUT2D eigenvalue weighted by Crippen LogP contribution is 2.21. The lowest BCUT2D eigenvalue weighted by atomic mass is 10.1. The maximum Gasteiger partial charge on any atom is 0.289 e. The topological polar surface area (TPSA) is 96.5 Å². The largest absolute Gasteiger partial charge is 0.344 e. The average molecular weight is 463 g/mol. The molecule has 5 rings (SSSR count). The Hall–Kier alpha value is -3.55. The number of H-pyrrole nitrogens is 1. The summed E-state index contributed by atoms with van der Waals surface area (Å²) in [5.41, 5.74) is 4.08. The van der Waals surface area contributed by atoms with Crippen LogP contribution in [0.4, 0.5) is 0 Å². The Bertz CT molecular complexity index is 1470. The number of carbonyl (C=O) groups is 1. The fourth-order valence-electron chi connectivity index (χ4n) is 3.48. The molecule has 0 atom stereocenters. The van der Waals surface area contributed by atoms with Gasteiger partial charge < -0.3 is 5.32 Å². The first-order valence-corrected chi connectivity index (χ1v) is 10.6. The van der Waals surface area contributed by atoms with E-state index in [1.54, 1.807) is 24.5 Å². The first-order valence-electron chi connectivity index (χ1n) is 9.82. The van der Waals surface area contributed by atoms with E-state index in [4.69, 9.17) is 23.2 Å². The second-order valence-electron chi connectivity index (χ2n) is 7.27. The number of benzene rings is 2. The molecule has 3 heterocycles. The van der Waals surface area contributed by atoms with E-state index in [2.05, 4.69) is 30.5 Å². The molecule has 0 spiro atoms. The van der Waals surface area contributed by atoms with Crippen molar-refractivity contribution in [3.05, 3.63) is 93.7 Å². The van der Waals surface area contributed by atoms with Crippen LogP contribution in [0.15, 0.2) is 60.9 Å². The van der Waals surface area contributed by atoms with Crippen molar-refractivity contribution in [2.45, 2.75) is 13.0 Å². The van der Waals surface area contributed by atoms with Crippen LogP contribution in [0, 0.1) is 0 Å². The molecule has 5 aromatic rings. The van der Waals surface area contributed by atoms with E-state index in [1.807, 2.05) is 36.4 Å². The molecule has 0 aliphatic rings. The van der Waals surface area contributed by atoms with Gasteiger partial charge in [0.05, 0.1) is 23.3 Å². The molecule has 0 aliphatic carbocycles. The van der Waals surface area contributed by atoms with Gasteiger partial charge in [0.1, 0.15) is 0 Å². The molecule has 0 radical (unpaired) electrons. The third kappa shape index (κ3) is 4.26. The summed E-state index contributed by atoms with van der Waals surface area (Å²) in [5.74, 6) is -0.286. The lowest BCUT2D eigenvalue weighted by molar-refractivity contribution is 0.0940. The molecule has 3 aromatic heterocycles. The zero-order valence-corrected chi connectivity index (χ0v) is 18.2. The first kappa shape index (κ1) is 20.4. The van der Waals surface area contributed by atoms with Gasteiger partial charge in [0, 0.05) is 45.3 Å². The maximum atomic E-state index is 12.6. The second kappa shape index (κ2) is 8.53. The van der Waals surface area contributed by atoms with Gasteiger partial charge in [0.2, 0.25) is 5.82 Å². The summed E-state index contributed by atoms with van der Waals surface area (Å²) >= 11 is 12.2. The fourth-order valence-corrected chi connectivity index (χ4v) is 3.83. The number of hydrogen-bond acceptors (Lipinski definition) is 5. The number of aromatic amines is 1. The zero-order valence-electron chi connectivity index (χ0n) is 16.6. The van der Waals surface area contributed by atoms with Gasteiger partial charge in [-0.1, -0.05) is 23.2 Å². The first-order chi connectivity index (χ1) is 15.5. The van der Waals surface area contributed by atoms with Crippen LogP contribution in [-0.4, -0.2) is 31.1 Å². The minimum absolute atomic E-state index is 0.0946. The Labute approximate surface area is 192 Å². The second-order valence-corrected chi connectivity index (χ2v) is 8.14. The summed E-state index contributed by atoms with van der Waals surface area (Å²) < 4.78 is 0. The van der Waals surface area contributed by atoms with Crippen LogP contribution >= 0.6 is 23.2 Å². The summed E-state index contributed by atoms with van der Waals surface area (Å²) in [6.45, 7) is 0.224. The Kier molecular flexibility index (Phi) is 5.43. The van der Waals surface area contributed by atoms with E-state index < -0.39 is 0 Å². The van der Waals surface area contributed by atoms with Gasteiger partial charge in [-0.3, -0.25) is 14.9 Å². The molecule has 32 heavy (non-hydrogen) atoms. The van der Waals surface area contributed by atoms with Crippen molar-refractivity contribution in [1.29, 1.82) is 0 Å². The molecule has 1 amide bonds. The average Bonchev–Trinajstić information content (AvgIpc) is 3.19. The summed E-state index contributed by atoms with van der Waals surface area (Å²) in [7, 11) is 0. The van der Waals surface area contributed by atoms with Crippen molar-refractivity contribution >= 4 is 50.9 Å². The number of hydrogen-bond donors (Lipinski definition) is 2. The molecule has 0 saturated heterocycles. The van der Waals surface area contributed by atoms with Crippen LogP contribution in [-0.2, 0) is 13.0 Å². The number of carbonyl (C=O) groups excluding carboxylic acids is 1. The summed E-state index contributed by atoms with van der Waals surface area (Å²) in [6.07, 6.45) is 3.89. The van der Waals surface area contributed by atoms with Crippen LogP contribution in [0.5, 0.6) is 0 Å². The number of rotatable bonds is 5. The number of halogens is 2. The predicted octanol–water partition coefficient (Wildman–Crippen LogP) is 4.73. The Morgan fingerprint density at radius 1 is 1.00 bits per heavy atom. The van der Waals surface area contributed by atoms with Crippen LogP contribution in [0.25, 0.3) is 21.8 Å². The Morgan fingerprint density at radius 2 is 1.84 bits per heavy atom. The van der Waals surface area contributed by atoms with E-state index in [9.17, 15) is 4.79 Å². The minimum atomic E-state index is -0.381. The van der Waals surface area contributed by atoms with Gasteiger partial charge in [-0.2, -0.15) is 5.10 Å². The molecular formula is C23H16Cl2N6O. The molecule has 7 nitrogen and oxygen atoms in total. The van der Waals surface area contributed by atoms with Crippen LogP contribution in [0.2, 0.25) is 10.0 Å². The molecule has 0 aliphatic heterocycles. The third-order valence-corrected chi connectivity index (χ3v) is 5.49. The number of nitrogens with one attached hydrogen (secondary N) is 2. The molecule has 0 unspecified atom stereocenters. The number of nitrogens with zero attached hydrogens (tertiary/aromatic N) is 4. The van der Waals surface area contributed by atoms with Gasteiger partial charge in [0.25, 0.3) is 5.91 Å². The normalized spacial score (nSPS) is 11.2. The highest BCUT2D eigenvalue weighted by Gasteiger charge is 2.13. The van der Waals surface area contributed by atoms with Gasteiger partial charge in [0.15, 0.2) is 0 Å². The van der Waals surface area contributed by atoms with Crippen LogP contribution in [0.3, 0.4) is 0 Å². The fraction of sp³-hybridized carbons (Fsp3) is 0.0870. The molecule has 2 N–H and O–H groups in total. The number of fused-ring (bicyclic) bond motifs is 2. The van der Waals surface area contributed by atoms with E-state index in [0.717, 1.165) is 27.4 Å². The van der Waals surface area contributed by atoms with Gasteiger partial charge in [-0.05, 0) is 54.1 Å². The Balaban J connectivity index is 1.31. The van der Waals surface area contributed by atoms with Gasteiger partial charge in [-0.15, -0.1) is 0 Å². The highest BCUT2D eigenvalue weighted by molar-refractivity contribution is 6.31. The number of aromatic nitrogens is 5. The SMILES string of the molecule is O=C(NCc1n[nH]c2ccc(Cl)cc12)c1nccc(Cc2cnc3ccc(Cl)cc3c2)n1. The lowest BCUT2D eigenvalue weighted by Crippen LogP contribution is -2.25. The van der Waals surface area contributed by atoms with Crippen molar-refractivity contribution in [2.24, 2.45) is 0 Å². The molecular weight excluding hydrogens is 447 g/mol. The van der Waals surface area contributed by atoms with Crippen molar-refractivity contribution in [1.82, 2.24) is 30.5 Å². The summed E-state index contributed by atoms with van der Waals surface area (Å²) in [4.78, 5) is 25.6. The maximum absolute atomic E-state index is 12.6. The summed E-state index contributed by atoms with van der Waals surface area (Å²) in [5, 5.41) is 13.1. The van der Waals surface area contributed by atoms with E-state index in [-0.39, 0.29) is 18.3 Å². The quantitative estimate of drug-likeness (QED) is 0.393. The van der Waals surface area contributed by atoms with Crippen LogP contribution < -0.4 is 5.32 Å². The number of pyridine rings is 1. The predicted molar refractivity (Wildman–Crippen MR) is 124 cm³/mol. The lowest BCUT2D eigenvalue weighted by Gasteiger charge is -2.06. The van der Waals surface area contributed by atoms with E-state index >= 15 is 0 Å². The molecule has 158 valence electrons. The minimum Gasteiger partial charge on any atom is -0.344 e. The monoisotopic (exact) mass is 462 g/mol. The molecule has 9 heteroatoms. The molecule has 0 fully saturated rings. The number of amides is 1. The molecule has 0 saturated carbocycles. The summed E-state index contributed by atoms with van der Waals surface area (Å²) in [6, 6.07) is 14.8. The highest BCUT2D eigenvalue weighted by atomic mass is 35.5. The zero-order chi connectivity index (χ0) is 22.1. The van der Waals surface area contributed by atoms with Gasteiger partial charge >= 0.3 is 0 Å². The smallest absolute Gasteiger partial charge is 0.289 e. The van der Waals surface area contributed by atoms with Crippen molar-refractivity contribution < 1.29 is 4.79 Å². The van der Waals surface area contributed by atoms with Crippen LogP contribution in [0.1, 0.15) is 27.6 Å². The van der Waals surface area contributed by atoms with E-state index in [0.29, 0.717) is 27.9 Å². The van der Waals surface area contributed by atoms with Gasteiger partial charge in [-0.25, -0.2) is 9.97 Å². The van der Waals surface area contributed by atoms with E-state index in [1.165, 1.54) is 0 Å². The van der Waals surface area contributed by atoms with Crippen molar-refractivity contribution in [2.75, 3.05) is 0 Å². The third-order valence-electron chi connectivity index (χ3n) is 5.02.